The van der Waals surface area contributed by atoms with Crippen LogP contribution in [0.25, 0.3) is 10.9 Å². The molecule has 0 saturated heterocycles. The SMILES string of the molecule is CNCCN(C)C(=O)CCNC(=O)c1n[nH]c2ccccc12.Cl. The second-order valence-electron chi connectivity index (χ2n) is 5.04. The topological polar surface area (TPSA) is 90.1 Å². The molecule has 126 valence electrons. The molecule has 0 spiro atoms. The normalized spacial score (nSPS) is 10.2. The third-order valence-corrected chi connectivity index (χ3v) is 3.43. The zero-order chi connectivity index (χ0) is 15.9. The first-order chi connectivity index (χ1) is 10.6. The lowest BCUT2D eigenvalue weighted by molar-refractivity contribution is -0.129. The first-order valence-corrected chi connectivity index (χ1v) is 7.23. The molecule has 1 aromatic heterocycles. The van der Waals surface area contributed by atoms with Crippen LogP contribution in [0.1, 0.15) is 16.9 Å². The van der Waals surface area contributed by atoms with E-state index in [1.54, 1.807) is 11.9 Å². The van der Waals surface area contributed by atoms with E-state index >= 15 is 0 Å². The number of nitrogens with zero attached hydrogens (tertiary/aromatic N) is 2. The van der Waals surface area contributed by atoms with Gasteiger partial charge >= 0.3 is 0 Å². The van der Waals surface area contributed by atoms with Gasteiger partial charge in [-0.2, -0.15) is 5.10 Å². The van der Waals surface area contributed by atoms with E-state index in [2.05, 4.69) is 20.8 Å². The van der Waals surface area contributed by atoms with Crippen molar-refractivity contribution in [1.29, 1.82) is 0 Å². The van der Waals surface area contributed by atoms with Crippen LogP contribution >= 0.6 is 12.4 Å². The number of carbonyl (C=O) groups is 2. The molecule has 1 heterocycles. The molecular formula is C15H22ClN5O2. The second kappa shape index (κ2) is 9.12. The maximum absolute atomic E-state index is 12.1. The number of carbonyl (C=O) groups excluding carboxylic acids is 2. The van der Waals surface area contributed by atoms with E-state index in [0.29, 0.717) is 18.8 Å². The zero-order valence-electron chi connectivity index (χ0n) is 13.3. The molecule has 2 amide bonds. The van der Waals surface area contributed by atoms with Crippen molar-refractivity contribution in [2.75, 3.05) is 33.7 Å². The molecule has 7 nitrogen and oxygen atoms in total. The predicted octanol–water partition coefficient (Wildman–Crippen LogP) is 0.782. The fourth-order valence-corrected chi connectivity index (χ4v) is 2.10. The van der Waals surface area contributed by atoms with Crippen molar-refractivity contribution >= 4 is 35.1 Å². The summed E-state index contributed by atoms with van der Waals surface area (Å²) < 4.78 is 0. The van der Waals surface area contributed by atoms with Gasteiger partial charge in [-0.1, -0.05) is 18.2 Å². The average molecular weight is 340 g/mol. The fourth-order valence-electron chi connectivity index (χ4n) is 2.10. The van der Waals surface area contributed by atoms with Gasteiger partial charge in [-0.15, -0.1) is 12.4 Å². The summed E-state index contributed by atoms with van der Waals surface area (Å²) in [5.74, 6) is -0.273. The lowest BCUT2D eigenvalue weighted by atomic mass is 10.2. The molecule has 0 radical (unpaired) electrons. The minimum Gasteiger partial charge on any atom is -0.350 e. The van der Waals surface area contributed by atoms with Gasteiger partial charge in [0.05, 0.1) is 5.52 Å². The van der Waals surface area contributed by atoms with E-state index in [1.807, 2.05) is 31.3 Å². The molecule has 0 saturated carbocycles. The Hall–Kier alpha value is -2.12. The molecule has 0 fully saturated rings. The van der Waals surface area contributed by atoms with Crippen LogP contribution in [0.3, 0.4) is 0 Å². The Morgan fingerprint density at radius 3 is 2.74 bits per heavy atom. The van der Waals surface area contributed by atoms with Crippen LogP contribution in [0.2, 0.25) is 0 Å². The van der Waals surface area contributed by atoms with Crippen molar-refractivity contribution in [2.45, 2.75) is 6.42 Å². The minimum absolute atomic E-state index is 0. The number of halogens is 1. The summed E-state index contributed by atoms with van der Waals surface area (Å²) in [5.41, 5.74) is 1.17. The number of aromatic amines is 1. The molecule has 3 N–H and O–H groups in total. The van der Waals surface area contributed by atoms with Crippen molar-refractivity contribution in [3.63, 3.8) is 0 Å². The number of hydrogen-bond donors (Lipinski definition) is 3. The Morgan fingerprint density at radius 1 is 1.26 bits per heavy atom. The van der Waals surface area contributed by atoms with Gasteiger partial charge in [0.15, 0.2) is 5.69 Å². The van der Waals surface area contributed by atoms with Crippen LogP contribution in [-0.4, -0.2) is 60.6 Å². The number of rotatable bonds is 7. The van der Waals surface area contributed by atoms with E-state index in [4.69, 9.17) is 0 Å². The van der Waals surface area contributed by atoms with E-state index in [1.165, 1.54) is 0 Å². The van der Waals surface area contributed by atoms with E-state index in [9.17, 15) is 9.59 Å². The highest BCUT2D eigenvalue weighted by Crippen LogP contribution is 2.14. The van der Waals surface area contributed by atoms with Gasteiger partial charge in [-0.3, -0.25) is 14.7 Å². The highest BCUT2D eigenvalue weighted by Gasteiger charge is 2.14. The smallest absolute Gasteiger partial charge is 0.272 e. The number of nitrogens with one attached hydrogen (secondary N) is 3. The first kappa shape index (κ1) is 18.9. The van der Waals surface area contributed by atoms with Gasteiger partial charge in [0.2, 0.25) is 5.91 Å². The van der Waals surface area contributed by atoms with Gasteiger partial charge < -0.3 is 15.5 Å². The standard InChI is InChI=1S/C15H21N5O2.ClH/c1-16-9-10-20(2)13(21)7-8-17-15(22)14-11-5-3-4-6-12(11)18-19-14;/h3-6,16H,7-10H2,1-2H3,(H,17,22)(H,18,19);1H. The van der Waals surface area contributed by atoms with Gasteiger partial charge in [0.1, 0.15) is 0 Å². The fraction of sp³-hybridized carbons (Fsp3) is 0.400. The molecule has 8 heteroatoms. The maximum atomic E-state index is 12.1. The van der Waals surface area contributed by atoms with Crippen LogP contribution in [0.15, 0.2) is 24.3 Å². The lowest BCUT2D eigenvalue weighted by Crippen LogP contribution is -2.35. The Labute approximate surface area is 141 Å². The Balaban J connectivity index is 0.00000264. The maximum Gasteiger partial charge on any atom is 0.272 e. The molecule has 1 aromatic carbocycles. The number of amides is 2. The number of likely N-dealkylation sites (N-methyl/N-ethyl adjacent to an activating group) is 2. The average Bonchev–Trinajstić information content (AvgIpc) is 2.96. The van der Waals surface area contributed by atoms with Crippen LogP contribution < -0.4 is 10.6 Å². The van der Waals surface area contributed by atoms with Crippen LogP contribution in [0.4, 0.5) is 0 Å². The predicted molar refractivity (Wildman–Crippen MR) is 91.9 cm³/mol. The van der Waals surface area contributed by atoms with E-state index in [0.717, 1.165) is 17.4 Å². The summed E-state index contributed by atoms with van der Waals surface area (Å²) >= 11 is 0. The largest absolute Gasteiger partial charge is 0.350 e. The highest BCUT2D eigenvalue weighted by molar-refractivity contribution is 6.04. The summed E-state index contributed by atoms with van der Waals surface area (Å²) in [5, 5.41) is 13.3. The first-order valence-electron chi connectivity index (χ1n) is 7.23. The minimum atomic E-state index is -0.275. The monoisotopic (exact) mass is 339 g/mol. The molecule has 2 rings (SSSR count). The molecule has 0 aliphatic heterocycles. The summed E-state index contributed by atoms with van der Waals surface area (Å²) in [6.07, 6.45) is 0.272. The Morgan fingerprint density at radius 2 is 2.00 bits per heavy atom. The molecule has 0 aliphatic rings. The van der Waals surface area contributed by atoms with Crippen molar-refractivity contribution < 1.29 is 9.59 Å². The van der Waals surface area contributed by atoms with Gasteiger partial charge in [0, 0.05) is 38.5 Å². The number of hydrogen-bond acceptors (Lipinski definition) is 4. The molecular weight excluding hydrogens is 318 g/mol. The number of para-hydroxylation sites is 1. The van der Waals surface area contributed by atoms with Crippen molar-refractivity contribution in [3.8, 4) is 0 Å². The molecule has 23 heavy (non-hydrogen) atoms. The number of fused-ring (bicyclic) bond motifs is 1. The van der Waals surface area contributed by atoms with Crippen LogP contribution in [0, 0.1) is 0 Å². The van der Waals surface area contributed by atoms with Gasteiger partial charge in [-0.05, 0) is 13.1 Å². The van der Waals surface area contributed by atoms with Crippen molar-refractivity contribution in [1.82, 2.24) is 25.7 Å². The van der Waals surface area contributed by atoms with Crippen LogP contribution in [-0.2, 0) is 4.79 Å². The van der Waals surface area contributed by atoms with Crippen molar-refractivity contribution in [2.24, 2.45) is 0 Å². The van der Waals surface area contributed by atoms with Crippen molar-refractivity contribution in [3.05, 3.63) is 30.0 Å². The van der Waals surface area contributed by atoms with Gasteiger partial charge in [0.25, 0.3) is 5.91 Å². The number of aromatic nitrogens is 2. The molecule has 0 unspecified atom stereocenters. The summed E-state index contributed by atoms with van der Waals surface area (Å²) in [7, 11) is 3.59. The summed E-state index contributed by atoms with van der Waals surface area (Å²) in [4.78, 5) is 25.6. The Bertz CT molecular complexity index is 658. The third-order valence-electron chi connectivity index (χ3n) is 3.43. The Kier molecular flexibility index (Phi) is 7.50. The molecule has 0 aliphatic carbocycles. The molecule has 0 atom stereocenters. The van der Waals surface area contributed by atoms with Gasteiger partial charge in [-0.25, -0.2) is 0 Å². The summed E-state index contributed by atoms with van der Waals surface area (Å²) in [6, 6.07) is 7.43. The van der Waals surface area contributed by atoms with Crippen LogP contribution in [0.5, 0.6) is 0 Å². The third kappa shape index (κ3) is 4.94. The molecule has 2 aromatic rings. The number of H-pyrrole nitrogens is 1. The van der Waals surface area contributed by atoms with E-state index in [-0.39, 0.29) is 30.6 Å². The quantitative estimate of drug-likeness (QED) is 0.695. The molecule has 0 bridgehead atoms. The highest BCUT2D eigenvalue weighted by atomic mass is 35.5. The zero-order valence-corrected chi connectivity index (χ0v) is 14.1. The van der Waals surface area contributed by atoms with E-state index < -0.39 is 0 Å². The summed E-state index contributed by atoms with van der Waals surface area (Å²) in [6.45, 7) is 1.68. The second-order valence-corrected chi connectivity index (χ2v) is 5.04. The number of benzene rings is 1. The lowest BCUT2D eigenvalue weighted by Gasteiger charge is -2.16.